The Balaban J connectivity index is 1.05. The van der Waals surface area contributed by atoms with Crippen LogP contribution in [0, 0.1) is 24.6 Å². The van der Waals surface area contributed by atoms with E-state index in [4.69, 9.17) is 29.2 Å². The highest BCUT2D eigenvalue weighted by Gasteiger charge is 2.40. The molecule has 7 heterocycles. The molecular formula is C50H59FN10O7S. The number of hydrogen-bond donors (Lipinski definition) is 4. The third-order valence-corrected chi connectivity index (χ3v) is 15.0. The van der Waals surface area contributed by atoms with E-state index >= 15 is 4.39 Å². The van der Waals surface area contributed by atoms with Crippen molar-refractivity contribution in [2.45, 2.75) is 110 Å². The first kappa shape index (κ1) is 47.3. The summed E-state index contributed by atoms with van der Waals surface area (Å²) < 4.78 is 35.5. The summed E-state index contributed by atoms with van der Waals surface area (Å²) in [5.41, 5.74) is 5.34. The fraction of sp³-hybridized carbons (Fsp3) is 0.460. The molecule has 0 aliphatic carbocycles. The third-order valence-electron chi connectivity index (χ3n) is 13.5. The molecule has 4 amide bonds. The number of aromatic nitrogens is 6. The summed E-state index contributed by atoms with van der Waals surface area (Å²) in [6, 6.07) is 9.17. The van der Waals surface area contributed by atoms with Crippen LogP contribution < -0.4 is 15.4 Å². The van der Waals surface area contributed by atoms with Gasteiger partial charge in [-0.15, -0.1) is 11.3 Å². The van der Waals surface area contributed by atoms with Crippen LogP contribution in [-0.4, -0.2) is 103 Å². The number of alkyl carbamates (subject to hydrolysis) is 2. The molecule has 0 saturated carbocycles. The van der Waals surface area contributed by atoms with Crippen molar-refractivity contribution >= 4 is 46.2 Å². The smallest absolute Gasteiger partial charge is 0.407 e. The van der Waals surface area contributed by atoms with Crippen LogP contribution in [0.4, 0.5) is 14.0 Å². The molecule has 3 unspecified atom stereocenters. The number of methoxy groups -OCH3 is 2. The number of rotatable bonds is 12. The summed E-state index contributed by atoms with van der Waals surface area (Å²) in [7, 11) is 2.54. The van der Waals surface area contributed by atoms with Crippen molar-refractivity contribution in [2.75, 3.05) is 27.3 Å². The van der Waals surface area contributed by atoms with Gasteiger partial charge in [-0.3, -0.25) is 14.2 Å². The number of halogens is 1. The number of imidazole rings is 2. The van der Waals surface area contributed by atoms with Gasteiger partial charge in [0.05, 0.1) is 82.4 Å². The number of aryl methyl sites for hydroxylation is 1. The van der Waals surface area contributed by atoms with Gasteiger partial charge in [-0.1, -0.05) is 47.6 Å². The zero-order valence-electron chi connectivity index (χ0n) is 40.3. The van der Waals surface area contributed by atoms with Gasteiger partial charge in [0.15, 0.2) is 0 Å². The van der Waals surface area contributed by atoms with E-state index in [2.05, 4.69) is 34.4 Å². The number of amides is 4. The standard InChI is InChI=1S/C50H59FN10O7S/c1-24(2)40(57-49(64)66-8)46(62)59-16-10-12-35(59)43-52-22-32(55-43)28-14-15-34-30(18-28)20-37-39-31(51)19-29(21-38(39)68-48(61(34)37)42-27(7)54-45(69-42)26(5)6)33-23-53-44(56-33)36-13-11-17-60(36)47(63)41(25(3)4)58-50(65)67-9/h14-15,18-26,35-36,40-41,48H,10-13,16-17H2,1-9H3,(H,52,55)(H,53,56)(H,57,64)(H,58,65)/t35-,36-,40?,41?,48?/m0/s1. The van der Waals surface area contributed by atoms with Gasteiger partial charge in [0.2, 0.25) is 18.0 Å². The van der Waals surface area contributed by atoms with Gasteiger partial charge in [0.1, 0.15) is 35.3 Å². The molecule has 2 saturated heterocycles. The van der Waals surface area contributed by atoms with Gasteiger partial charge < -0.3 is 44.6 Å². The van der Waals surface area contributed by atoms with E-state index in [0.29, 0.717) is 65.8 Å². The molecule has 0 spiro atoms. The number of carbonyl (C=O) groups is 4. The first-order chi connectivity index (χ1) is 33.1. The minimum Gasteiger partial charge on any atom is -0.464 e. The predicted molar refractivity (Wildman–Crippen MR) is 258 cm³/mol. The number of H-pyrrole nitrogens is 2. The van der Waals surface area contributed by atoms with Crippen LogP contribution in [0.25, 0.3) is 44.7 Å². The van der Waals surface area contributed by atoms with Gasteiger partial charge in [-0.25, -0.2) is 28.9 Å². The van der Waals surface area contributed by atoms with Gasteiger partial charge in [-0.2, -0.15) is 0 Å². The van der Waals surface area contributed by atoms with Crippen molar-refractivity contribution in [1.82, 2.24) is 49.9 Å². The third kappa shape index (κ3) is 8.80. The number of carbonyl (C=O) groups excluding carboxylic acids is 4. The van der Waals surface area contributed by atoms with E-state index in [1.54, 1.807) is 33.5 Å². The van der Waals surface area contributed by atoms with Crippen LogP contribution in [-0.2, 0) is 19.1 Å². The molecule has 0 bridgehead atoms. The fourth-order valence-electron chi connectivity index (χ4n) is 9.87. The molecule has 2 aromatic carbocycles. The fourth-order valence-corrected chi connectivity index (χ4v) is 11.0. The molecule has 17 nitrogen and oxygen atoms in total. The van der Waals surface area contributed by atoms with Crippen LogP contribution >= 0.6 is 11.3 Å². The molecule has 4 N–H and O–H groups in total. The molecule has 2 fully saturated rings. The van der Waals surface area contributed by atoms with Gasteiger partial charge in [0.25, 0.3) is 0 Å². The van der Waals surface area contributed by atoms with E-state index in [-0.39, 0.29) is 41.7 Å². The van der Waals surface area contributed by atoms with Gasteiger partial charge >= 0.3 is 12.2 Å². The number of ether oxygens (including phenoxy) is 3. The van der Waals surface area contributed by atoms with Gasteiger partial charge in [-0.05, 0) is 74.8 Å². The average molecular weight is 963 g/mol. The quantitative estimate of drug-likeness (QED) is 0.0917. The zero-order chi connectivity index (χ0) is 49.0. The normalized spacial score (nSPS) is 18.7. The highest BCUT2D eigenvalue weighted by molar-refractivity contribution is 7.11. The maximum absolute atomic E-state index is 17.0. The molecule has 3 aliphatic heterocycles. The number of aromatic amines is 2. The van der Waals surface area contributed by atoms with Crippen molar-refractivity contribution in [3.8, 4) is 39.5 Å². The molecule has 0 radical (unpaired) electrons. The minimum atomic E-state index is -0.777. The molecule has 4 aromatic heterocycles. The van der Waals surface area contributed by atoms with E-state index in [0.717, 1.165) is 50.6 Å². The Hall–Kier alpha value is -6.76. The van der Waals surface area contributed by atoms with Crippen LogP contribution in [0.1, 0.15) is 119 Å². The predicted octanol–water partition coefficient (Wildman–Crippen LogP) is 9.14. The highest BCUT2D eigenvalue weighted by Crippen LogP contribution is 2.49. The maximum Gasteiger partial charge on any atom is 0.407 e. The second kappa shape index (κ2) is 19.0. The Labute approximate surface area is 403 Å². The lowest BCUT2D eigenvalue weighted by molar-refractivity contribution is -0.136. The molecular weight excluding hydrogens is 904 g/mol. The number of hydrogen-bond acceptors (Lipinski definition) is 11. The van der Waals surface area contributed by atoms with Crippen molar-refractivity contribution < 1.29 is 37.8 Å². The second-order valence-electron chi connectivity index (χ2n) is 19.1. The summed E-state index contributed by atoms with van der Waals surface area (Å²) >= 11 is 1.58. The zero-order valence-corrected chi connectivity index (χ0v) is 41.1. The average Bonchev–Trinajstić information content (AvgIpc) is 4.19. The number of fused-ring (bicyclic) bond motifs is 5. The van der Waals surface area contributed by atoms with Crippen molar-refractivity contribution in [2.24, 2.45) is 11.8 Å². The van der Waals surface area contributed by atoms with Crippen LogP contribution in [0.5, 0.6) is 5.75 Å². The number of benzene rings is 2. The van der Waals surface area contributed by atoms with Crippen molar-refractivity contribution in [1.29, 1.82) is 0 Å². The van der Waals surface area contributed by atoms with E-state index in [1.165, 1.54) is 20.3 Å². The lowest BCUT2D eigenvalue weighted by Gasteiger charge is -2.30. The largest absolute Gasteiger partial charge is 0.464 e. The Morgan fingerprint density at radius 1 is 0.797 bits per heavy atom. The number of nitrogens with zero attached hydrogens (tertiary/aromatic N) is 6. The van der Waals surface area contributed by atoms with Crippen LogP contribution in [0.3, 0.4) is 0 Å². The molecule has 6 aromatic rings. The Kier molecular flexibility index (Phi) is 13.0. The summed E-state index contributed by atoms with van der Waals surface area (Å²) in [5.74, 6) is 0.550. The maximum atomic E-state index is 17.0. The molecule has 69 heavy (non-hydrogen) atoms. The minimum absolute atomic E-state index is 0.157. The molecule has 5 atom stereocenters. The van der Waals surface area contributed by atoms with Crippen LogP contribution in [0.15, 0.2) is 48.8 Å². The summed E-state index contributed by atoms with van der Waals surface area (Å²) in [6.07, 6.45) is 4.36. The van der Waals surface area contributed by atoms with Crippen LogP contribution in [0.2, 0.25) is 0 Å². The van der Waals surface area contributed by atoms with Gasteiger partial charge in [0, 0.05) is 35.5 Å². The molecule has 9 rings (SSSR count). The van der Waals surface area contributed by atoms with Crippen molar-refractivity contribution in [3.05, 3.63) is 81.8 Å². The van der Waals surface area contributed by atoms with E-state index in [1.807, 2.05) is 69.5 Å². The van der Waals surface area contributed by atoms with Crippen molar-refractivity contribution in [3.63, 3.8) is 0 Å². The lowest BCUT2D eigenvalue weighted by Crippen LogP contribution is -2.51. The summed E-state index contributed by atoms with van der Waals surface area (Å²) in [6.45, 7) is 14.7. The Bertz CT molecular complexity index is 2940. The monoisotopic (exact) mass is 962 g/mol. The second-order valence-corrected chi connectivity index (χ2v) is 20.2. The lowest BCUT2D eigenvalue weighted by atomic mass is 10.0. The molecule has 364 valence electrons. The molecule has 19 heteroatoms. The Morgan fingerprint density at radius 2 is 1.36 bits per heavy atom. The highest BCUT2D eigenvalue weighted by atomic mass is 32.1. The number of nitrogens with one attached hydrogen (secondary N) is 4. The Morgan fingerprint density at radius 3 is 1.88 bits per heavy atom. The SMILES string of the molecule is COC(=O)NC(C(=O)N1CCC[C@H]1c1ncc(-c2cc(F)c3c(c2)OC(c2sc(C(C)C)nc2C)n2c-3cc3cc(-c4cnc([C@@H]5CCCN5C(=O)C(NC(=O)OC)C(C)C)[nH]4)ccc32)[nH]1)C(C)C. The number of thiazole rings is 1. The summed E-state index contributed by atoms with van der Waals surface area (Å²) in [4.78, 5) is 77.6. The topological polar surface area (TPSA) is 202 Å². The summed E-state index contributed by atoms with van der Waals surface area (Å²) in [5, 5.41) is 7.22. The molecule has 3 aliphatic rings. The van der Waals surface area contributed by atoms with E-state index in [9.17, 15) is 19.2 Å². The first-order valence-electron chi connectivity index (χ1n) is 23.6. The first-order valence-corrected chi connectivity index (χ1v) is 24.4. The number of likely N-dealkylation sites (tertiary alicyclic amines) is 2. The van der Waals surface area contributed by atoms with E-state index < -0.39 is 36.3 Å².